The number of nitrogens with zero attached hydrogens (tertiary/aromatic N) is 5. The molecule has 0 radical (unpaired) electrons. The molecule has 45 heavy (non-hydrogen) atoms. The van der Waals surface area contributed by atoms with E-state index in [1.54, 1.807) is 20.8 Å². The molecule has 10 nitrogen and oxygen atoms in total. The summed E-state index contributed by atoms with van der Waals surface area (Å²) >= 11 is 5.76. The van der Waals surface area contributed by atoms with Gasteiger partial charge < -0.3 is 9.47 Å². The second-order valence-corrected chi connectivity index (χ2v) is 22.0. The summed E-state index contributed by atoms with van der Waals surface area (Å²) in [5.41, 5.74) is -2.52. The lowest BCUT2D eigenvalue weighted by atomic mass is 9.85. The number of hydrogen-bond acceptors (Lipinski definition) is 8. The van der Waals surface area contributed by atoms with Gasteiger partial charge in [-0.1, -0.05) is 37.3 Å². The number of carbonyl (C=O) groups excluding carboxylic acids is 1. The van der Waals surface area contributed by atoms with E-state index in [4.69, 9.17) is 26.1 Å². The maximum absolute atomic E-state index is 15.7. The molecule has 1 fully saturated rings. The van der Waals surface area contributed by atoms with E-state index in [-0.39, 0.29) is 47.5 Å². The Morgan fingerprint density at radius 3 is 2.42 bits per heavy atom. The van der Waals surface area contributed by atoms with Crippen molar-refractivity contribution in [3.63, 3.8) is 0 Å². The summed E-state index contributed by atoms with van der Waals surface area (Å²) in [7, 11) is -4.36. The quantitative estimate of drug-likeness (QED) is 0.174. The predicted molar refractivity (Wildman–Crippen MR) is 173 cm³/mol. The molecule has 1 spiro atoms. The second kappa shape index (κ2) is 12.3. The Hall–Kier alpha value is -2.94. The van der Waals surface area contributed by atoms with Gasteiger partial charge in [-0.05, 0) is 70.4 Å². The van der Waals surface area contributed by atoms with E-state index in [0.29, 0.717) is 6.61 Å². The van der Waals surface area contributed by atoms with Crippen molar-refractivity contribution in [2.24, 2.45) is 4.99 Å². The fourth-order valence-electron chi connectivity index (χ4n) is 5.09. The molecule has 2 heterocycles. The number of rotatable bonds is 8. The number of halogens is 3. The van der Waals surface area contributed by atoms with Gasteiger partial charge in [-0.15, -0.1) is 0 Å². The number of hydrogen-bond donors (Lipinski definition) is 0. The summed E-state index contributed by atoms with van der Waals surface area (Å²) in [6.45, 7) is 13.1. The molecule has 1 amide bonds. The highest BCUT2D eigenvalue weighted by Gasteiger charge is 2.71. The Morgan fingerprint density at radius 1 is 1.20 bits per heavy atom. The number of aliphatic imine (C=N–C) groups is 1. The molecule has 1 aliphatic carbocycles. The van der Waals surface area contributed by atoms with Crippen molar-refractivity contribution < 1.29 is 31.5 Å². The van der Waals surface area contributed by atoms with Crippen LogP contribution in [0.4, 0.5) is 13.6 Å². The first-order valence-corrected chi connectivity index (χ1v) is 20.1. The van der Waals surface area contributed by atoms with Gasteiger partial charge in [0.05, 0.1) is 12.4 Å². The summed E-state index contributed by atoms with van der Waals surface area (Å²) < 4.78 is 70.1. The average Bonchev–Trinajstić information content (AvgIpc) is 3.74. The first-order valence-electron chi connectivity index (χ1n) is 14.5. The zero-order chi connectivity index (χ0) is 33.6. The third-order valence-electron chi connectivity index (χ3n) is 7.80. The van der Waals surface area contributed by atoms with E-state index < -0.39 is 51.7 Å². The van der Waals surface area contributed by atoms with Gasteiger partial charge in [0, 0.05) is 27.3 Å². The molecule has 1 aromatic heterocycles. The molecule has 1 aromatic carbocycles. The molecular weight excluding hydrogens is 644 g/mol. The number of carbonyl (C=O) groups is 1. The first kappa shape index (κ1) is 34.9. The number of sulfonamides is 1. The van der Waals surface area contributed by atoms with E-state index in [9.17, 15) is 13.2 Å². The first-order chi connectivity index (χ1) is 20.7. The van der Waals surface area contributed by atoms with E-state index in [0.717, 1.165) is 33.6 Å². The van der Waals surface area contributed by atoms with Gasteiger partial charge >= 0.3 is 6.09 Å². The smallest absolute Gasteiger partial charge is 0.419 e. The molecule has 246 valence electrons. The van der Waals surface area contributed by atoms with E-state index >= 15 is 8.78 Å². The molecule has 0 unspecified atom stereocenters. The summed E-state index contributed by atoms with van der Waals surface area (Å²) in [5.74, 6) is -1.75. The van der Waals surface area contributed by atoms with Crippen LogP contribution in [-0.4, -0.2) is 78.5 Å². The average molecular weight is 684 g/mol. The molecule has 0 bridgehead atoms. The Morgan fingerprint density at radius 2 is 1.87 bits per heavy atom. The van der Waals surface area contributed by atoms with Gasteiger partial charge in [0.25, 0.3) is 0 Å². The van der Waals surface area contributed by atoms with Crippen LogP contribution < -0.4 is 0 Å². The Bertz CT molecular complexity index is 1620. The van der Waals surface area contributed by atoms with E-state index in [2.05, 4.69) is 29.6 Å². The molecule has 1 atom stereocenters. The highest BCUT2D eigenvalue weighted by molar-refractivity contribution is 7.91. The lowest BCUT2D eigenvalue weighted by Gasteiger charge is -2.45. The topological polar surface area (TPSA) is 114 Å². The Balaban J connectivity index is 1.83. The van der Waals surface area contributed by atoms with Crippen LogP contribution in [0.1, 0.15) is 57.4 Å². The molecule has 0 N–H and O–H groups in total. The minimum absolute atomic E-state index is 0.0679. The largest absolute Gasteiger partial charge is 0.443 e. The maximum Gasteiger partial charge on any atom is 0.419 e. The third-order valence-corrected chi connectivity index (χ3v) is 12.4. The van der Waals surface area contributed by atoms with Crippen LogP contribution in [0, 0.1) is 5.82 Å². The van der Waals surface area contributed by atoms with Gasteiger partial charge in [-0.2, -0.15) is 0 Å². The van der Waals surface area contributed by atoms with Crippen LogP contribution in [0.3, 0.4) is 0 Å². The number of benzene rings is 1. The fourth-order valence-corrected chi connectivity index (χ4v) is 8.10. The molecular formula is C30H40ClF2N5O5SSi. The van der Waals surface area contributed by atoms with Crippen molar-refractivity contribution in [2.45, 2.75) is 82.1 Å². The zero-order valence-corrected chi connectivity index (χ0v) is 29.4. The minimum atomic E-state index is -4.19. The Kier molecular flexibility index (Phi) is 9.58. The van der Waals surface area contributed by atoms with Gasteiger partial charge in [0.1, 0.15) is 39.3 Å². The summed E-state index contributed by atoms with van der Waals surface area (Å²) in [6.07, 6.45) is 3.05. The minimum Gasteiger partial charge on any atom is -0.443 e. The highest BCUT2D eigenvalue weighted by atomic mass is 35.5. The molecule has 0 saturated heterocycles. The molecule has 2 aliphatic rings. The fraction of sp³-hybridized carbons (Fsp3) is 0.533. The monoisotopic (exact) mass is 683 g/mol. The van der Waals surface area contributed by atoms with Gasteiger partial charge in [-0.25, -0.2) is 46.2 Å². The van der Waals surface area contributed by atoms with Crippen LogP contribution in [0.15, 0.2) is 35.6 Å². The highest BCUT2D eigenvalue weighted by Crippen LogP contribution is 2.61. The normalized spacial score (nSPS) is 21.0. The van der Waals surface area contributed by atoms with E-state index in [1.165, 1.54) is 32.3 Å². The van der Waals surface area contributed by atoms with Crippen molar-refractivity contribution >= 4 is 53.7 Å². The third kappa shape index (κ3) is 7.23. The Labute approximate surface area is 269 Å². The summed E-state index contributed by atoms with van der Waals surface area (Å²) in [6, 6.07) is 4.66. The number of ether oxygens (including phenoxy) is 2. The van der Waals surface area contributed by atoms with Crippen LogP contribution in [-0.2, 0) is 25.0 Å². The number of aromatic nitrogens is 2. The van der Waals surface area contributed by atoms with E-state index in [1.807, 2.05) is 0 Å². The van der Waals surface area contributed by atoms with Crippen molar-refractivity contribution in [2.75, 3.05) is 20.4 Å². The van der Waals surface area contributed by atoms with Crippen LogP contribution >= 0.6 is 11.6 Å². The van der Waals surface area contributed by atoms with Crippen molar-refractivity contribution in [1.29, 1.82) is 0 Å². The molecule has 1 aliphatic heterocycles. The summed E-state index contributed by atoms with van der Waals surface area (Å²) in [4.78, 5) is 27.1. The lowest BCUT2D eigenvalue weighted by molar-refractivity contribution is 0.00789. The van der Waals surface area contributed by atoms with Gasteiger partial charge in [-0.3, -0.25) is 0 Å². The summed E-state index contributed by atoms with van der Waals surface area (Å²) in [5, 5.41) is 0.0947. The maximum atomic E-state index is 15.7. The zero-order valence-electron chi connectivity index (χ0n) is 26.8. The van der Waals surface area contributed by atoms with Gasteiger partial charge in [0.2, 0.25) is 16.0 Å². The molecule has 1 saturated carbocycles. The number of amides is 1. The van der Waals surface area contributed by atoms with Crippen molar-refractivity contribution in [1.82, 2.24) is 19.2 Å². The predicted octanol–water partition coefficient (Wildman–Crippen LogP) is 6.67. The van der Waals surface area contributed by atoms with Crippen molar-refractivity contribution in [3.05, 3.63) is 58.4 Å². The van der Waals surface area contributed by atoms with Crippen LogP contribution in [0.2, 0.25) is 30.8 Å². The second-order valence-electron chi connectivity index (χ2n) is 13.7. The SMILES string of the molecule is CN1C(N(COCC[Si](C)(C)C)C(=O)OC(C)(C)C)=N[C@](C)(c2cc(/C=C(\F)c3cnc(Cl)cn3)ccc2F)C2(CC2)S1(=O)=O. The van der Waals surface area contributed by atoms with Gasteiger partial charge in [0.15, 0.2) is 5.83 Å². The molecule has 15 heteroatoms. The van der Waals surface area contributed by atoms with Crippen LogP contribution in [0.25, 0.3) is 11.9 Å². The van der Waals surface area contributed by atoms with Crippen molar-refractivity contribution in [3.8, 4) is 0 Å². The molecule has 2 aromatic rings. The number of guanidine groups is 1. The lowest BCUT2D eigenvalue weighted by Crippen LogP contribution is -2.61. The standard InChI is InChI=1S/C30H40ClF2N5O5SSi/c1-28(2,3)43-27(39)38(19-42-13-14-45(6,7)8)26-36-29(4,30(11-12-30)44(40,41)37(26)5)21-15-20(9-10-22(21)32)16-23(33)24-17-35-25(31)18-34-24/h9-10,15-18H,11-14,19H2,1-8H3/b23-16-/t29-/m1/s1. The van der Waals surface area contributed by atoms with Crippen LogP contribution in [0.5, 0.6) is 0 Å². The molecule has 4 rings (SSSR count).